The highest BCUT2D eigenvalue weighted by Crippen LogP contribution is 2.24. The van der Waals surface area contributed by atoms with Crippen molar-refractivity contribution in [3.05, 3.63) is 6.33 Å². The van der Waals surface area contributed by atoms with E-state index in [1.807, 2.05) is 6.92 Å². The maximum absolute atomic E-state index is 6.00. The van der Waals surface area contributed by atoms with Gasteiger partial charge in [-0.05, 0) is 13.8 Å². The number of nitrogens with zero attached hydrogens (tertiary/aromatic N) is 3. The molecule has 1 saturated heterocycles. The first-order chi connectivity index (χ1) is 9.70. The van der Waals surface area contributed by atoms with Crippen molar-refractivity contribution in [2.75, 3.05) is 50.5 Å². The van der Waals surface area contributed by atoms with Crippen molar-refractivity contribution in [3.63, 3.8) is 0 Å². The molecule has 2 rings (SSSR count). The van der Waals surface area contributed by atoms with Gasteiger partial charge in [0.05, 0.1) is 19.8 Å². The number of hydrogen-bond donors (Lipinski definition) is 2. The molecule has 0 bridgehead atoms. The molecule has 20 heavy (non-hydrogen) atoms. The Labute approximate surface area is 119 Å². The Kier molecular flexibility index (Phi) is 5.37. The van der Waals surface area contributed by atoms with E-state index in [0.29, 0.717) is 24.0 Å². The monoisotopic (exact) mass is 281 g/mol. The molecule has 1 aliphatic rings. The fraction of sp³-hybridized carbons (Fsp3) is 0.692. The first-order valence-electron chi connectivity index (χ1n) is 7.00. The highest BCUT2D eigenvalue weighted by molar-refractivity contribution is 5.66. The molecule has 7 heteroatoms. The van der Waals surface area contributed by atoms with Crippen molar-refractivity contribution < 1.29 is 9.47 Å². The summed E-state index contributed by atoms with van der Waals surface area (Å²) >= 11 is 0. The molecule has 3 N–H and O–H groups in total. The van der Waals surface area contributed by atoms with Crippen LogP contribution in [0.1, 0.15) is 13.8 Å². The molecular formula is C13H23N5O2. The third kappa shape index (κ3) is 3.94. The molecule has 112 valence electrons. The van der Waals surface area contributed by atoms with E-state index in [1.54, 1.807) is 0 Å². The predicted molar refractivity (Wildman–Crippen MR) is 78.0 cm³/mol. The lowest BCUT2D eigenvalue weighted by atomic mass is 10.2. The number of anilines is 2. The van der Waals surface area contributed by atoms with Crippen LogP contribution in [0.5, 0.6) is 5.88 Å². The Morgan fingerprint density at radius 1 is 1.45 bits per heavy atom. The topological polar surface area (TPSA) is 85.5 Å². The van der Waals surface area contributed by atoms with Gasteiger partial charge in [-0.3, -0.25) is 4.90 Å². The molecule has 0 radical (unpaired) electrons. The molecule has 7 nitrogen and oxygen atoms in total. The summed E-state index contributed by atoms with van der Waals surface area (Å²) in [4.78, 5) is 10.6. The zero-order valence-electron chi connectivity index (χ0n) is 12.1. The highest BCUT2D eigenvalue weighted by Gasteiger charge is 2.16. The Bertz CT molecular complexity index is 423. The number of hydrogen-bond acceptors (Lipinski definition) is 7. The predicted octanol–water partition coefficient (Wildman–Crippen LogP) is 0.590. The largest absolute Gasteiger partial charge is 0.476 e. The lowest BCUT2D eigenvalue weighted by Crippen LogP contribution is -2.42. The van der Waals surface area contributed by atoms with Crippen LogP contribution in [0.25, 0.3) is 0 Å². The van der Waals surface area contributed by atoms with Crippen LogP contribution in [0.4, 0.5) is 11.5 Å². The fourth-order valence-electron chi connectivity index (χ4n) is 2.20. The molecule has 2 heterocycles. The smallest absolute Gasteiger partial charge is 0.242 e. The zero-order chi connectivity index (χ0) is 14.4. The third-order valence-corrected chi connectivity index (χ3v) is 3.15. The first-order valence-corrected chi connectivity index (χ1v) is 7.00. The maximum Gasteiger partial charge on any atom is 0.242 e. The van der Waals surface area contributed by atoms with Gasteiger partial charge in [-0.2, -0.15) is 4.98 Å². The van der Waals surface area contributed by atoms with Gasteiger partial charge >= 0.3 is 0 Å². The number of morpholine rings is 1. The van der Waals surface area contributed by atoms with E-state index < -0.39 is 0 Å². The van der Waals surface area contributed by atoms with E-state index in [0.717, 1.165) is 32.8 Å². The molecule has 0 aliphatic carbocycles. The van der Waals surface area contributed by atoms with Gasteiger partial charge in [0.1, 0.15) is 12.0 Å². The molecule has 1 atom stereocenters. The third-order valence-electron chi connectivity index (χ3n) is 3.15. The van der Waals surface area contributed by atoms with E-state index >= 15 is 0 Å². The van der Waals surface area contributed by atoms with Gasteiger partial charge in [-0.1, -0.05) is 0 Å². The number of nitrogens with two attached hydrogens (primary N) is 1. The summed E-state index contributed by atoms with van der Waals surface area (Å²) in [5, 5.41) is 3.32. The molecule has 0 amide bonds. The van der Waals surface area contributed by atoms with Crippen LogP contribution in [-0.4, -0.2) is 60.4 Å². The molecule has 0 aromatic carbocycles. The van der Waals surface area contributed by atoms with Crippen LogP contribution in [0.3, 0.4) is 0 Å². The average molecular weight is 281 g/mol. The minimum atomic E-state index is 0.236. The van der Waals surface area contributed by atoms with Crippen molar-refractivity contribution in [2.45, 2.75) is 19.9 Å². The van der Waals surface area contributed by atoms with Gasteiger partial charge in [0, 0.05) is 25.7 Å². The summed E-state index contributed by atoms with van der Waals surface area (Å²) in [6.07, 6.45) is 1.46. The van der Waals surface area contributed by atoms with Crippen molar-refractivity contribution >= 4 is 11.5 Å². The fourth-order valence-corrected chi connectivity index (χ4v) is 2.20. The van der Waals surface area contributed by atoms with E-state index in [2.05, 4.69) is 27.1 Å². The molecule has 1 fully saturated rings. The van der Waals surface area contributed by atoms with Crippen LogP contribution >= 0.6 is 0 Å². The molecule has 1 unspecified atom stereocenters. The van der Waals surface area contributed by atoms with Crippen molar-refractivity contribution in [2.24, 2.45) is 0 Å². The molecule has 0 spiro atoms. The van der Waals surface area contributed by atoms with Crippen LogP contribution in [0.2, 0.25) is 0 Å². The normalized spacial score (nSPS) is 17.7. The minimum absolute atomic E-state index is 0.236. The number of rotatable bonds is 6. The van der Waals surface area contributed by atoms with E-state index in [-0.39, 0.29) is 6.04 Å². The highest BCUT2D eigenvalue weighted by atomic mass is 16.5. The zero-order valence-corrected chi connectivity index (χ0v) is 12.1. The second-order valence-electron chi connectivity index (χ2n) is 4.83. The van der Waals surface area contributed by atoms with E-state index in [4.69, 9.17) is 15.2 Å². The van der Waals surface area contributed by atoms with Gasteiger partial charge < -0.3 is 20.5 Å². The van der Waals surface area contributed by atoms with Crippen LogP contribution in [0.15, 0.2) is 6.33 Å². The number of nitrogen functional groups attached to an aromatic ring is 1. The van der Waals surface area contributed by atoms with Gasteiger partial charge in [-0.25, -0.2) is 4.98 Å². The van der Waals surface area contributed by atoms with Gasteiger partial charge in [0.25, 0.3) is 0 Å². The quantitative estimate of drug-likeness (QED) is 0.789. The van der Waals surface area contributed by atoms with Gasteiger partial charge in [-0.15, -0.1) is 0 Å². The lowest BCUT2D eigenvalue weighted by Gasteiger charge is -2.29. The van der Waals surface area contributed by atoms with Crippen LogP contribution in [0, 0.1) is 0 Å². The average Bonchev–Trinajstić information content (AvgIpc) is 2.44. The standard InChI is InChI=1S/C13H23N5O2/c1-3-20-13-11(14)12(15-9-16-13)17-10(2)8-18-4-6-19-7-5-18/h9-10H,3-8,14H2,1-2H3,(H,15,16,17). The maximum atomic E-state index is 6.00. The molecule has 1 aromatic rings. The Morgan fingerprint density at radius 3 is 2.90 bits per heavy atom. The van der Waals surface area contributed by atoms with Crippen molar-refractivity contribution in [3.8, 4) is 5.88 Å². The number of ether oxygens (including phenoxy) is 2. The van der Waals surface area contributed by atoms with E-state index in [1.165, 1.54) is 6.33 Å². The minimum Gasteiger partial charge on any atom is -0.476 e. The first kappa shape index (κ1) is 14.8. The number of nitrogens with one attached hydrogen (secondary N) is 1. The van der Waals surface area contributed by atoms with Crippen LogP contribution in [-0.2, 0) is 4.74 Å². The summed E-state index contributed by atoms with van der Waals surface area (Å²) in [6.45, 7) is 9.01. The lowest BCUT2D eigenvalue weighted by molar-refractivity contribution is 0.0368. The van der Waals surface area contributed by atoms with Crippen LogP contribution < -0.4 is 15.8 Å². The summed E-state index contributed by atoms with van der Waals surface area (Å²) in [6, 6.07) is 0.236. The summed E-state index contributed by atoms with van der Waals surface area (Å²) in [5.41, 5.74) is 6.47. The summed E-state index contributed by atoms with van der Waals surface area (Å²) in [7, 11) is 0. The molecular weight excluding hydrogens is 258 g/mol. The second kappa shape index (κ2) is 7.25. The number of aromatic nitrogens is 2. The Hall–Kier alpha value is -1.60. The second-order valence-corrected chi connectivity index (χ2v) is 4.83. The van der Waals surface area contributed by atoms with Crippen molar-refractivity contribution in [1.82, 2.24) is 14.9 Å². The summed E-state index contributed by atoms with van der Waals surface area (Å²) in [5.74, 6) is 1.06. The molecule has 1 aliphatic heterocycles. The van der Waals surface area contributed by atoms with Gasteiger partial charge in [0.15, 0.2) is 5.82 Å². The summed E-state index contributed by atoms with van der Waals surface area (Å²) < 4.78 is 10.7. The Balaban J connectivity index is 1.93. The van der Waals surface area contributed by atoms with E-state index in [9.17, 15) is 0 Å². The van der Waals surface area contributed by atoms with Gasteiger partial charge in [0.2, 0.25) is 5.88 Å². The molecule has 0 saturated carbocycles. The Morgan fingerprint density at radius 2 is 2.20 bits per heavy atom. The molecule has 1 aromatic heterocycles. The van der Waals surface area contributed by atoms with Crippen molar-refractivity contribution in [1.29, 1.82) is 0 Å². The SMILES string of the molecule is CCOc1ncnc(NC(C)CN2CCOCC2)c1N.